The van der Waals surface area contributed by atoms with Gasteiger partial charge in [-0.25, -0.2) is 14.6 Å². The maximum atomic E-state index is 12.8. The third kappa shape index (κ3) is 4.11. The summed E-state index contributed by atoms with van der Waals surface area (Å²) < 4.78 is 7.21. The van der Waals surface area contributed by atoms with Crippen LogP contribution >= 0.6 is 11.8 Å². The fourth-order valence-electron chi connectivity index (χ4n) is 5.27. The standard InChI is InChI=1S/C23H30N4O6S/c1-5-6-33-23(32)26-10-16(8-14(26)7-15-9-24-11-25(15)4)34-20-12(2)18-17(13(3)28)21(29)27(18)19(20)22(30)31/h5,9,11-14,16-18,28H,1,6-8,10H2,2-4H3,(H,30,31)/t12-,13-,14+,16+,17-,18-/m1/s1. The zero-order valence-corrected chi connectivity index (χ0v) is 20.3. The maximum Gasteiger partial charge on any atom is 0.410 e. The van der Waals surface area contributed by atoms with Crippen molar-refractivity contribution in [2.24, 2.45) is 18.9 Å². The topological polar surface area (TPSA) is 125 Å². The predicted octanol–water partition coefficient (Wildman–Crippen LogP) is 1.61. The van der Waals surface area contributed by atoms with Gasteiger partial charge >= 0.3 is 12.1 Å². The molecule has 34 heavy (non-hydrogen) atoms. The summed E-state index contributed by atoms with van der Waals surface area (Å²) in [5, 5.41) is 19.9. The second-order valence-electron chi connectivity index (χ2n) is 9.12. The Kier molecular flexibility index (Phi) is 6.77. The third-order valence-electron chi connectivity index (χ3n) is 6.90. The van der Waals surface area contributed by atoms with Crippen molar-refractivity contribution in [3.05, 3.63) is 41.5 Å². The Bertz CT molecular complexity index is 1040. The van der Waals surface area contributed by atoms with Crippen LogP contribution in [0.1, 0.15) is 26.0 Å². The molecule has 11 heteroatoms. The largest absolute Gasteiger partial charge is 0.477 e. The first-order valence-electron chi connectivity index (χ1n) is 11.3. The summed E-state index contributed by atoms with van der Waals surface area (Å²) in [7, 11) is 1.90. The normalized spacial score (nSPS) is 29.2. The van der Waals surface area contributed by atoms with Crippen LogP contribution in [0.3, 0.4) is 0 Å². The number of carbonyl (C=O) groups is 3. The van der Waals surface area contributed by atoms with Gasteiger partial charge in [0.05, 0.1) is 24.4 Å². The molecule has 0 bridgehead atoms. The Balaban J connectivity index is 1.56. The van der Waals surface area contributed by atoms with Gasteiger partial charge in [0.1, 0.15) is 12.3 Å². The first-order chi connectivity index (χ1) is 16.1. The van der Waals surface area contributed by atoms with E-state index in [0.29, 0.717) is 24.3 Å². The lowest BCUT2D eigenvalue weighted by Crippen LogP contribution is -2.63. The summed E-state index contributed by atoms with van der Waals surface area (Å²) in [5.41, 5.74) is 0.978. The number of carbonyl (C=O) groups excluding carboxylic acids is 2. The molecular weight excluding hydrogens is 460 g/mol. The molecule has 0 saturated carbocycles. The molecule has 0 aliphatic carbocycles. The highest BCUT2D eigenvalue weighted by Crippen LogP contribution is 2.52. The zero-order chi connectivity index (χ0) is 24.7. The number of carboxylic acid groups (broad SMARTS) is 1. The molecule has 184 valence electrons. The van der Waals surface area contributed by atoms with E-state index >= 15 is 0 Å². The van der Waals surface area contributed by atoms with Crippen LogP contribution in [0, 0.1) is 11.8 Å². The van der Waals surface area contributed by atoms with E-state index in [2.05, 4.69) is 11.6 Å². The number of ether oxygens (including phenoxy) is 1. The Morgan fingerprint density at radius 3 is 2.76 bits per heavy atom. The van der Waals surface area contributed by atoms with Crippen molar-refractivity contribution in [3.8, 4) is 0 Å². The number of aromatic nitrogens is 2. The van der Waals surface area contributed by atoms with E-state index in [0.717, 1.165) is 5.69 Å². The highest BCUT2D eigenvalue weighted by molar-refractivity contribution is 8.03. The Morgan fingerprint density at radius 1 is 1.44 bits per heavy atom. The number of likely N-dealkylation sites (tertiary alicyclic amines) is 1. The van der Waals surface area contributed by atoms with E-state index in [1.807, 2.05) is 18.5 Å². The van der Waals surface area contributed by atoms with Gasteiger partial charge in [-0.3, -0.25) is 4.79 Å². The smallest absolute Gasteiger partial charge is 0.410 e. The lowest BCUT2D eigenvalue weighted by molar-refractivity contribution is -0.163. The van der Waals surface area contributed by atoms with Crippen molar-refractivity contribution in [1.29, 1.82) is 0 Å². The SMILES string of the molecule is C=CCOC(=O)N1C[C@@H](SC2=C(C(=O)O)N3C(=O)[C@H]([C@@H](C)O)[C@H]3[C@H]2C)C[C@@H]1Cc1cncn1C. The van der Waals surface area contributed by atoms with Gasteiger partial charge in [-0.15, -0.1) is 11.8 Å². The minimum Gasteiger partial charge on any atom is -0.477 e. The minimum atomic E-state index is -1.15. The number of aliphatic carboxylic acids is 1. The van der Waals surface area contributed by atoms with Crippen LogP contribution < -0.4 is 0 Å². The van der Waals surface area contributed by atoms with Gasteiger partial charge in [-0.1, -0.05) is 19.6 Å². The van der Waals surface area contributed by atoms with E-state index < -0.39 is 24.1 Å². The van der Waals surface area contributed by atoms with Gasteiger partial charge in [0, 0.05) is 54.0 Å². The number of β-lactam (4-membered cyclic amide) rings is 1. The van der Waals surface area contributed by atoms with Crippen molar-refractivity contribution in [3.63, 3.8) is 0 Å². The number of fused-ring (bicyclic) bond motifs is 1. The van der Waals surface area contributed by atoms with Crippen LogP contribution in [0.15, 0.2) is 35.8 Å². The molecule has 2 fully saturated rings. The van der Waals surface area contributed by atoms with Gasteiger partial charge in [-0.2, -0.15) is 0 Å². The molecule has 4 rings (SSSR count). The number of thioether (sulfide) groups is 1. The van der Waals surface area contributed by atoms with E-state index in [9.17, 15) is 24.6 Å². The number of nitrogens with zero attached hydrogens (tertiary/aromatic N) is 4. The quantitative estimate of drug-likeness (QED) is 0.416. The summed E-state index contributed by atoms with van der Waals surface area (Å²) in [6, 6.07) is -0.499. The number of carboxylic acids is 1. The number of aliphatic hydroxyl groups excluding tert-OH is 1. The summed E-state index contributed by atoms with van der Waals surface area (Å²) in [6.45, 7) is 7.55. The summed E-state index contributed by atoms with van der Waals surface area (Å²) in [5.74, 6) is -2.32. The molecule has 0 radical (unpaired) electrons. The number of hydrogen-bond acceptors (Lipinski definition) is 7. The van der Waals surface area contributed by atoms with Crippen LogP contribution in [0.25, 0.3) is 0 Å². The van der Waals surface area contributed by atoms with Gasteiger partial charge in [0.2, 0.25) is 5.91 Å². The summed E-state index contributed by atoms with van der Waals surface area (Å²) in [6.07, 6.45) is 4.94. The number of rotatable bonds is 8. The molecule has 0 unspecified atom stereocenters. The molecule has 2 saturated heterocycles. The molecule has 2 amide bonds. The highest BCUT2D eigenvalue weighted by atomic mass is 32.2. The lowest BCUT2D eigenvalue weighted by atomic mass is 9.79. The van der Waals surface area contributed by atoms with Crippen molar-refractivity contribution in [2.75, 3.05) is 13.2 Å². The van der Waals surface area contributed by atoms with Crippen molar-refractivity contribution >= 4 is 29.7 Å². The average Bonchev–Trinajstić information content (AvgIpc) is 3.43. The Morgan fingerprint density at radius 2 is 2.18 bits per heavy atom. The second-order valence-corrected chi connectivity index (χ2v) is 10.5. The van der Waals surface area contributed by atoms with E-state index in [1.54, 1.807) is 24.3 Å². The van der Waals surface area contributed by atoms with Crippen LogP contribution in [0.5, 0.6) is 0 Å². The highest BCUT2D eigenvalue weighted by Gasteiger charge is 2.60. The molecule has 1 aromatic rings. The molecular formula is C23H30N4O6S. The molecule has 3 aliphatic rings. The summed E-state index contributed by atoms with van der Waals surface area (Å²) >= 11 is 1.42. The first kappa shape index (κ1) is 24.3. The van der Waals surface area contributed by atoms with Gasteiger partial charge in [0.25, 0.3) is 0 Å². The van der Waals surface area contributed by atoms with Crippen molar-refractivity contribution < 1.29 is 29.3 Å². The monoisotopic (exact) mass is 490 g/mol. The minimum absolute atomic E-state index is 0.000249. The van der Waals surface area contributed by atoms with Gasteiger partial charge in [0.15, 0.2) is 0 Å². The van der Waals surface area contributed by atoms with Crippen molar-refractivity contribution in [2.45, 2.75) is 50.1 Å². The number of aliphatic hydroxyl groups is 1. The van der Waals surface area contributed by atoms with Gasteiger partial charge in [-0.05, 0) is 13.3 Å². The molecule has 3 aliphatic heterocycles. The van der Waals surface area contributed by atoms with Crippen LogP contribution in [-0.4, -0.2) is 84.1 Å². The van der Waals surface area contributed by atoms with E-state index in [4.69, 9.17) is 4.74 Å². The maximum absolute atomic E-state index is 12.8. The molecule has 4 heterocycles. The molecule has 0 spiro atoms. The van der Waals surface area contributed by atoms with Crippen molar-refractivity contribution in [1.82, 2.24) is 19.4 Å². The van der Waals surface area contributed by atoms with Crippen LogP contribution in [0.2, 0.25) is 0 Å². The first-order valence-corrected chi connectivity index (χ1v) is 12.2. The zero-order valence-electron chi connectivity index (χ0n) is 19.5. The number of imidazole rings is 1. The molecule has 2 N–H and O–H groups in total. The summed E-state index contributed by atoms with van der Waals surface area (Å²) in [4.78, 5) is 45.3. The van der Waals surface area contributed by atoms with E-state index in [-0.39, 0.29) is 41.5 Å². The molecule has 6 atom stereocenters. The fourth-order valence-corrected chi connectivity index (χ4v) is 6.83. The number of hydrogen-bond donors (Lipinski definition) is 2. The second kappa shape index (κ2) is 9.46. The van der Waals surface area contributed by atoms with Crippen LogP contribution in [-0.2, 0) is 27.8 Å². The molecule has 1 aromatic heterocycles. The Hall–Kier alpha value is -2.79. The van der Waals surface area contributed by atoms with Crippen LogP contribution in [0.4, 0.5) is 4.79 Å². The van der Waals surface area contributed by atoms with E-state index in [1.165, 1.54) is 22.7 Å². The lowest BCUT2D eigenvalue weighted by Gasteiger charge is -2.46. The number of amides is 2. The Labute approximate surface area is 202 Å². The third-order valence-corrected chi connectivity index (χ3v) is 8.40. The molecule has 10 nitrogen and oxygen atoms in total. The molecule has 0 aromatic carbocycles. The number of aryl methyl sites for hydroxylation is 1. The predicted molar refractivity (Wildman–Crippen MR) is 125 cm³/mol. The van der Waals surface area contributed by atoms with Gasteiger partial charge < -0.3 is 29.3 Å². The fraction of sp³-hybridized carbons (Fsp3) is 0.565. The average molecular weight is 491 g/mol.